The van der Waals surface area contributed by atoms with E-state index in [4.69, 9.17) is 5.73 Å². The van der Waals surface area contributed by atoms with Gasteiger partial charge in [-0.3, -0.25) is 4.79 Å². The number of carbonyl (C=O) groups is 1. The van der Waals surface area contributed by atoms with Crippen LogP contribution in [0.1, 0.15) is 19.4 Å². The number of hydrogen-bond donors (Lipinski definition) is 1. The first kappa shape index (κ1) is 20.2. The van der Waals surface area contributed by atoms with Crippen LogP contribution >= 0.6 is 12.4 Å². The van der Waals surface area contributed by atoms with Gasteiger partial charge in [-0.15, -0.1) is 12.4 Å². The Morgan fingerprint density at radius 1 is 1.00 bits per heavy atom. The monoisotopic (exact) mass is 346 g/mol. The number of amides is 1. The highest BCUT2D eigenvalue weighted by atomic mass is 35.5. The summed E-state index contributed by atoms with van der Waals surface area (Å²) in [5.74, 6) is 0.124. The van der Waals surface area contributed by atoms with Gasteiger partial charge in [-0.2, -0.15) is 0 Å². The normalized spacial score (nSPS) is 10.8. The van der Waals surface area contributed by atoms with Crippen LogP contribution in [0, 0.1) is 5.41 Å². The summed E-state index contributed by atoms with van der Waals surface area (Å²) < 4.78 is 0. The smallest absolute Gasteiger partial charge is 0.226 e. The Morgan fingerprint density at radius 2 is 1.54 bits per heavy atom. The minimum absolute atomic E-state index is 0. The van der Waals surface area contributed by atoms with E-state index in [0.717, 1.165) is 5.56 Å². The molecular formula is C20H27ClN2O. The number of carbonyl (C=O) groups excluding carboxylic acids is 1. The van der Waals surface area contributed by atoms with Gasteiger partial charge in [-0.05, 0) is 28.7 Å². The average Bonchev–Trinajstić information content (AvgIpc) is 2.56. The van der Waals surface area contributed by atoms with Gasteiger partial charge in [-0.1, -0.05) is 68.4 Å². The van der Waals surface area contributed by atoms with Crippen molar-refractivity contribution in [3.05, 3.63) is 60.2 Å². The molecule has 0 aliphatic rings. The van der Waals surface area contributed by atoms with Gasteiger partial charge in [0.25, 0.3) is 0 Å². The Bertz CT molecular complexity index is 638. The molecule has 0 radical (unpaired) electrons. The maximum atomic E-state index is 12.3. The van der Waals surface area contributed by atoms with Crippen molar-refractivity contribution < 1.29 is 4.79 Å². The topological polar surface area (TPSA) is 46.3 Å². The molecule has 130 valence electrons. The van der Waals surface area contributed by atoms with Crippen molar-refractivity contribution >= 4 is 18.3 Å². The van der Waals surface area contributed by atoms with Gasteiger partial charge >= 0.3 is 0 Å². The predicted octanol–water partition coefficient (Wildman–Crippen LogP) is 3.76. The third-order valence-electron chi connectivity index (χ3n) is 4.06. The standard InChI is InChI=1S/C20H26N2O.ClH/c1-20(2,14-21)15-22(3)19(23)13-16-9-11-18(12-10-16)17-7-5-4-6-8-17;/h4-12H,13-15,21H2,1-3H3;1H. The fraction of sp³-hybridized carbons (Fsp3) is 0.350. The molecule has 0 spiro atoms. The number of hydrogen-bond acceptors (Lipinski definition) is 2. The zero-order chi connectivity index (χ0) is 16.9. The summed E-state index contributed by atoms with van der Waals surface area (Å²) in [6.07, 6.45) is 0.423. The van der Waals surface area contributed by atoms with Crippen LogP contribution in [0.2, 0.25) is 0 Å². The molecule has 2 aromatic carbocycles. The predicted molar refractivity (Wildman–Crippen MR) is 103 cm³/mol. The minimum Gasteiger partial charge on any atom is -0.345 e. The molecule has 24 heavy (non-hydrogen) atoms. The lowest BCUT2D eigenvalue weighted by molar-refractivity contribution is -0.130. The molecule has 0 aliphatic heterocycles. The van der Waals surface area contributed by atoms with Crippen LogP contribution in [-0.4, -0.2) is 30.9 Å². The lowest BCUT2D eigenvalue weighted by Crippen LogP contribution is -2.40. The molecule has 3 nitrogen and oxygen atoms in total. The summed E-state index contributed by atoms with van der Waals surface area (Å²) in [5.41, 5.74) is 9.07. The molecule has 2 aromatic rings. The molecule has 0 saturated carbocycles. The second-order valence-corrected chi connectivity index (χ2v) is 6.86. The Hall–Kier alpha value is -1.84. The third-order valence-corrected chi connectivity index (χ3v) is 4.06. The summed E-state index contributed by atoms with van der Waals surface area (Å²) in [5, 5.41) is 0. The molecule has 2 rings (SSSR count). The maximum Gasteiger partial charge on any atom is 0.226 e. The van der Waals surface area contributed by atoms with Gasteiger partial charge in [0.15, 0.2) is 0 Å². The molecule has 1 amide bonds. The highest BCUT2D eigenvalue weighted by molar-refractivity contribution is 5.85. The van der Waals surface area contributed by atoms with E-state index in [1.165, 1.54) is 11.1 Å². The lowest BCUT2D eigenvalue weighted by atomic mass is 9.93. The Labute approximate surface area is 151 Å². The van der Waals surface area contributed by atoms with Gasteiger partial charge in [0.05, 0.1) is 6.42 Å². The molecule has 0 saturated heterocycles. The molecule has 0 unspecified atom stereocenters. The van der Waals surface area contributed by atoms with Crippen LogP contribution in [-0.2, 0) is 11.2 Å². The van der Waals surface area contributed by atoms with Crippen LogP contribution in [0.25, 0.3) is 11.1 Å². The Balaban J connectivity index is 0.00000288. The number of nitrogens with zero attached hydrogens (tertiary/aromatic N) is 1. The minimum atomic E-state index is -0.0540. The highest BCUT2D eigenvalue weighted by Crippen LogP contribution is 2.20. The zero-order valence-electron chi connectivity index (χ0n) is 14.7. The Kier molecular flexibility index (Phi) is 7.46. The largest absolute Gasteiger partial charge is 0.345 e. The van der Waals surface area contributed by atoms with E-state index in [0.29, 0.717) is 19.5 Å². The Morgan fingerprint density at radius 3 is 2.08 bits per heavy atom. The van der Waals surface area contributed by atoms with Crippen LogP contribution in [0.15, 0.2) is 54.6 Å². The van der Waals surface area contributed by atoms with Crippen molar-refractivity contribution in [1.29, 1.82) is 0 Å². The second-order valence-electron chi connectivity index (χ2n) is 6.86. The van der Waals surface area contributed by atoms with Crippen molar-refractivity contribution in [1.82, 2.24) is 4.90 Å². The average molecular weight is 347 g/mol. The molecule has 0 aromatic heterocycles. The quantitative estimate of drug-likeness (QED) is 0.865. The molecule has 0 bridgehead atoms. The summed E-state index contributed by atoms with van der Waals surface area (Å²) >= 11 is 0. The molecular weight excluding hydrogens is 320 g/mol. The molecule has 0 fully saturated rings. The van der Waals surface area contributed by atoms with E-state index in [9.17, 15) is 4.79 Å². The first-order chi connectivity index (χ1) is 10.9. The van der Waals surface area contributed by atoms with Crippen LogP contribution < -0.4 is 5.73 Å². The van der Waals surface area contributed by atoms with E-state index in [1.54, 1.807) is 4.90 Å². The zero-order valence-corrected chi connectivity index (χ0v) is 15.5. The van der Waals surface area contributed by atoms with Gasteiger partial charge in [0.2, 0.25) is 5.91 Å². The molecule has 0 atom stereocenters. The third kappa shape index (κ3) is 5.66. The summed E-state index contributed by atoms with van der Waals surface area (Å²) in [6, 6.07) is 18.4. The van der Waals surface area contributed by atoms with E-state index in [1.807, 2.05) is 37.4 Å². The number of benzene rings is 2. The van der Waals surface area contributed by atoms with E-state index in [-0.39, 0.29) is 23.7 Å². The number of halogens is 1. The summed E-state index contributed by atoms with van der Waals surface area (Å²) in [7, 11) is 1.85. The lowest BCUT2D eigenvalue weighted by Gasteiger charge is -2.29. The van der Waals surface area contributed by atoms with Gasteiger partial charge < -0.3 is 10.6 Å². The van der Waals surface area contributed by atoms with E-state index >= 15 is 0 Å². The number of rotatable bonds is 6. The maximum absolute atomic E-state index is 12.3. The molecule has 2 N–H and O–H groups in total. The van der Waals surface area contributed by atoms with Crippen molar-refractivity contribution in [2.45, 2.75) is 20.3 Å². The van der Waals surface area contributed by atoms with Gasteiger partial charge in [0, 0.05) is 13.6 Å². The molecule has 0 heterocycles. The van der Waals surface area contributed by atoms with Crippen molar-refractivity contribution in [3.8, 4) is 11.1 Å². The fourth-order valence-electron chi connectivity index (χ4n) is 2.55. The van der Waals surface area contributed by atoms with E-state index < -0.39 is 0 Å². The first-order valence-electron chi connectivity index (χ1n) is 8.00. The number of likely N-dealkylation sites (N-methyl/N-ethyl adjacent to an activating group) is 1. The SMILES string of the molecule is CN(CC(C)(C)CN)C(=O)Cc1ccc(-c2ccccc2)cc1.Cl. The van der Waals surface area contributed by atoms with Crippen molar-refractivity contribution in [3.63, 3.8) is 0 Å². The van der Waals surface area contributed by atoms with Crippen molar-refractivity contribution in [2.24, 2.45) is 11.1 Å². The summed E-state index contributed by atoms with van der Waals surface area (Å²) in [4.78, 5) is 14.1. The fourth-order valence-corrected chi connectivity index (χ4v) is 2.55. The highest BCUT2D eigenvalue weighted by Gasteiger charge is 2.21. The summed E-state index contributed by atoms with van der Waals surface area (Å²) in [6.45, 7) is 5.39. The van der Waals surface area contributed by atoms with Crippen LogP contribution in [0.4, 0.5) is 0 Å². The van der Waals surface area contributed by atoms with Crippen LogP contribution in [0.3, 0.4) is 0 Å². The number of nitrogens with two attached hydrogens (primary N) is 1. The van der Waals surface area contributed by atoms with Gasteiger partial charge in [-0.25, -0.2) is 0 Å². The molecule has 4 heteroatoms. The van der Waals surface area contributed by atoms with Crippen LogP contribution in [0.5, 0.6) is 0 Å². The first-order valence-corrected chi connectivity index (χ1v) is 8.00. The van der Waals surface area contributed by atoms with Crippen molar-refractivity contribution in [2.75, 3.05) is 20.1 Å². The van der Waals surface area contributed by atoms with E-state index in [2.05, 4.69) is 38.1 Å². The van der Waals surface area contributed by atoms with Gasteiger partial charge in [0.1, 0.15) is 0 Å². The molecule has 0 aliphatic carbocycles. The second kappa shape index (κ2) is 8.86.